The maximum Gasteiger partial charge on any atom is 0.270 e. The van der Waals surface area contributed by atoms with Crippen molar-refractivity contribution in [3.63, 3.8) is 0 Å². The van der Waals surface area contributed by atoms with Gasteiger partial charge in [-0.3, -0.25) is 14.5 Å². The molecule has 0 spiro atoms. The topological polar surface area (TPSA) is 59.8 Å². The van der Waals surface area contributed by atoms with Crippen molar-refractivity contribution in [1.29, 1.82) is 0 Å². The van der Waals surface area contributed by atoms with Gasteiger partial charge in [0.25, 0.3) is 5.91 Å². The van der Waals surface area contributed by atoms with E-state index in [9.17, 15) is 4.79 Å². The molecule has 2 heterocycles. The lowest BCUT2D eigenvalue weighted by Crippen LogP contribution is -2.31. The standard InChI is InChI=1S/C18H24N4O/c1-4-6-14-11-16(22(3)21-14)18(23)20-17(13-9-10-13)15-8-5-7-12(2)19-15/h5,7-8,11,13,17H,4,6,9-10H2,1-3H3,(H,20,23)/t17-/m1/s1. The zero-order chi connectivity index (χ0) is 16.4. The molecule has 1 amide bonds. The van der Waals surface area contributed by atoms with Crippen LogP contribution in [0.5, 0.6) is 0 Å². The summed E-state index contributed by atoms with van der Waals surface area (Å²) in [5, 5.41) is 7.59. The summed E-state index contributed by atoms with van der Waals surface area (Å²) < 4.78 is 1.67. The Balaban J connectivity index is 1.79. The number of aromatic nitrogens is 3. The van der Waals surface area contributed by atoms with Crippen LogP contribution < -0.4 is 5.32 Å². The summed E-state index contributed by atoms with van der Waals surface area (Å²) in [7, 11) is 1.82. The Morgan fingerprint density at radius 1 is 1.43 bits per heavy atom. The van der Waals surface area contributed by atoms with Gasteiger partial charge < -0.3 is 5.32 Å². The molecule has 122 valence electrons. The molecule has 2 aromatic heterocycles. The minimum Gasteiger partial charge on any atom is -0.342 e. The highest BCUT2D eigenvalue weighted by Gasteiger charge is 2.35. The van der Waals surface area contributed by atoms with E-state index in [0.717, 1.165) is 42.8 Å². The highest BCUT2D eigenvalue weighted by atomic mass is 16.2. The van der Waals surface area contributed by atoms with Crippen LogP contribution >= 0.6 is 0 Å². The number of pyridine rings is 1. The lowest BCUT2D eigenvalue weighted by Gasteiger charge is -2.18. The molecule has 3 rings (SSSR count). The van der Waals surface area contributed by atoms with Gasteiger partial charge in [-0.15, -0.1) is 0 Å². The third kappa shape index (κ3) is 3.60. The number of hydrogen-bond acceptors (Lipinski definition) is 3. The monoisotopic (exact) mass is 312 g/mol. The van der Waals surface area contributed by atoms with Crippen molar-refractivity contribution in [2.24, 2.45) is 13.0 Å². The summed E-state index contributed by atoms with van der Waals surface area (Å²) in [6, 6.07) is 7.87. The van der Waals surface area contributed by atoms with Crippen molar-refractivity contribution in [3.8, 4) is 0 Å². The Labute approximate surface area is 137 Å². The molecule has 1 aliphatic rings. The number of carbonyl (C=O) groups is 1. The minimum atomic E-state index is -0.0671. The largest absolute Gasteiger partial charge is 0.342 e. The van der Waals surface area contributed by atoms with Crippen LogP contribution in [0, 0.1) is 12.8 Å². The summed E-state index contributed by atoms with van der Waals surface area (Å²) in [4.78, 5) is 17.3. The van der Waals surface area contributed by atoms with Crippen molar-refractivity contribution in [1.82, 2.24) is 20.1 Å². The first kappa shape index (κ1) is 15.7. The van der Waals surface area contributed by atoms with E-state index in [1.54, 1.807) is 4.68 Å². The molecule has 5 nitrogen and oxygen atoms in total. The van der Waals surface area contributed by atoms with E-state index in [2.05, 4.69) is 22.3 Å². The second-order valence-corrected chi connectivity index (χ2v) is 6.39. The van der Waals surface area contributed by atoms with Crippen LogP contribution in [0.1, 0.15) is 59.8 Å². The maximum absolute atomic E-state index is 12.7. The van der Waals surface area contributed by atoms with Gasteiger partial charge in [-0.2, -0.15) is 5.10 Å². The molecule has 0 aromatic carbocycles. The van der Waals surface area contributed by atoms with Gasteiger partial charge in [0.05, 0.1) is 17.4 Å². The summed E-state index contributed by atoms with van der Waals surface area (Å²) >= 11 is 0. The summed E-state index contributed by atoms with van der Waals surface area (Å²) in [6.45, 7) is 4.09. The minimum absolute atomic E-state index is 0.00748. The third-order valence-corrected chi connectivity index (χ3v) is 4.28. The average Bonchev–Trinajstić information content (AvgIpc) is 3.28. The Morgan fingerprint density at radius 2 is 2.22 bits per heavy atom. The van der Waals surface area contributed by atoms with E-state index in [1.807, 2.05) is 38.2 Å². The second kappa shape index (κ2) is 6.52. The van der Waals surface area contributed by atoms with E-state index in [1.165, 1.54) is 0 Å². The molecule has 23 heavy (non-hydrogen) atoms. The molecule has 0 unspecified atom stereocenters. The maximum atomic E-state index is 12.7. The Bertz CT molecular complexity index is 703. The zero-order valence-corrected chi connectivity index (χ0v) is 14.0. The highest BCUT2D eigenvalue weighted by molar-refractivity contribution is 5.93. The van der Waals surface area contributed by atoms with Gasteiger partial charge in [0.2, 0.25) is 0 Å². The van der Waals surface area contributed by atoms with Crippen LogP contribution in [-0.4, -0.2) is 20.7 Å². The van der Waals surface area contributed by atoms with E-state index in [4.69, 9.17) is 0 Å². The number of aryl methyl sites for hydroxylation is 3. The van der Waals surface area contributed by atoms with Crippen LogP contribution in [0.4, 0.5) is 0 Å². The Hall–Kier alpha value is -2.17. The molecular weight excluding hydrogens is 288 g/mol. The van der Waals surface area contributed by atoms with Crippen molar-refractivity contribution in [2.75, 3.05) is 0 Å². The molecule has 0 saturated heterocycles. The van der Waals surface area contributed by atoms with Gasteiger partial charge >= 0.3 is 0 Å². The van der Waals surface area contributed by atoms with Gasteiger partial charge in [0.15, 0.2) is 0 Å². The first-order chi connectivity index (χ1) is 11.1. The van der Waals surface area contributed by atoms with Crippen molar-refractivity contribution in [2.45, 2.75) is 45.6 Å². The number of carbonyl (C=O) groups excluding carboxylic acids is 1. The van der Waals surface area contributed by atoms with Crippen molar-refractivity contribution >= 4 is 5.91 Å². The van der Waals surface area contributed by atoms with E-state index in [-0.39, 0.29) is 11.9 Å². The number of nitrogens with zero attached hydrogens (tertiary/aromatic N) is 3. The molecule has 0 bridgehead atoms. The van der Waals surface area contributed by atoms with Crippen LogP contribution in [-0.2, 0) is 13.5 Å². The molecular formula is C18H24N4O. The van der Waals surface area contributed by atoms with Gasteiger partial charge in [-0.25, -0.2) is 0 Å². The lowest BCUT2D eigenvalue weighted by atomic mass is 10.1. The predicted octanol–water partition coefficient (Wildman–Crippen LogP) is 2.96. The summed E-state index contributed by atoms with van der Waals surface area (Å²) in [5.74, 6) is 0.430. The van der Waals surface area contributed by atoms with Crippen molar-refractivity contribution in [3.05, 3.63) is 47.0 Å². The fourth-order valence-electron chi connectivity index (χ4n) is 2.93. The fourth-order valence-corrected chi connectivity index (χ4v) is 2.93. The number of nitrogens with one attached hydrogen (secondary N) is 1. The third-order valence-electron chi connectivity index (χ3n) is 4.28. The lowest BCUT2D eigenvalue weighted by molar-refractivity contribution is 0.0921. The normalized spacial score (nSPS) is 15.4. The summed E-state index contributed by atoms with van der Waals surface area (Å²) in [5.41, 5.74) is 3.52. The first-order valence-electron chi connectivity index (χ1n) is 8.35. The SMILES string of the molecule is CCCc1cc(C(=O)N[C@@H](c2cccc(C)n2)C2CC2)n(C)n1. The smallest absolute Gasteiger partial charge is 0.270 e. The van der Waals surface area contributed by atoms with E-state index in [0.29, 0.717) is 11.6 Å². The van der Waals surface area contributed by atoms with Gasteiger partial charge in [-0.05, 0) is 50.3 Å². The molecule has 1 saturated carbocycles. The van der Waals surface area contributed by atoms with Gasteiger partial charge in [0, 0.05) is 12.7 Å². The van der Waals surface area contributed by atoms with E-state index >= 15 is 0 Å². The zero-order valence-electron chi connectivity index (χ0n) is 14.0. The van der Waals surface area contributed by atoms with Gasteiger partial charge in [0.1, 0.15) is 5.69 Å². The average molecular weight is 312 g/mol. The molecule has 5 heteroatoms. The molecule has 0 radical (unpaired) electrons. The number of hydrogen-bond donors (Lipinski definition) is 1. The fraction of sp³-hybridized carbons (Fsp3) is 0.500. The second-order valence-electron chi connectivity index (χ2n) is 6.39. The predicted molar refractivity (Wildman–Crippen MR) is 89.1 cm³/mol. The highest BCUT2D eigenvalue weighted by Crippen LogP contribution is 2.40. The first-order valence-corrected chi connectivity index (χ1v) is 8.35. The van der Waals surface area contributed by atoms with Crippen LogP contribution in [0.25, 0.3) is 0 Å². The molecule has 1 N–H and O–H groups in total. The molecule has 0 aliphatic heterocycles. The molecule has 1 atom stereocenters. The van der Waals surface area contributed by atoms with E-state index < -0.39 is 0 Å². The molecule has 2 aromatic rings. The number of rotatable bonds is 6. The summed E-state index contributed by atoms with van der Waals surface area (Å²) in [6.07, 6.45) is 4.21. The number of amides is 1. The quantitative estimate of drug-likeness (QED) is 0.892. The van der Waals surface area contributed by atoms with Crippen LogP contribution in [0.2, 0.25) is 0 Å². The Kier molecular flexibility index (Phi) is 4.46. The molecule has 1 aliphatic carbocycles. The van der Waals surface area contributed by atoms with Gasteiger partial charge in [-0.1, -0.05) is 19.4 Å². The van der Waals surface area contributed by atoms with Crippen LogP contribution in [0.15, 0.2) is 24.3 Å². The Morgan fingerprint density at radius 3 is 2.87 bits per heavy atom. The van der Waals surface area contributed by atoms with Crippen LogP contribution in [0.3, 0.4) is 0 Å². The molecule has 1 fully saturated rings. The van der Waals surface area contributed by atoms with Crippen molar-refractivity contribution < 1.29 is 4.79 Å².